The van der Waals surface area contributed by atoms with Crippen LogP contribution in [0.25, 0.3) is 11.1 Å². The van der Waals surface area contributed by atoms with Gasteiger partial charge in [-0.3, -0.25) is 19.6 Å². The summed E-state index contributed by atoms with van der Waals surface area (Å²) in [6.45, 7) is 2.05. The number of aliphatic imine (C=N–C) groups is 2. The van der Waals surface area contributed by atoms with Crippen LogP contribution in [0.4, 0.5) is 22.7 Å². The van der Waals surface area contributed by atoms with Crippen LogP contribution in [0.2, 0.25) is 0 Å². The Labute approximate surface area is 269 Å². The van der Waals surface area contributed by atoms with Crippen molar-refractivity contribution >= 4 is 69.7 Å². The second-order valence-electron chi connectivity index (χ2n) is 10.1. The molecule has 0 saturated heterocycles. The predicted octanol–water partition coefficient (Wildman–Crippen LogP) is 9.79. The first-order chi connectivity index (χ1) is 22.0. The summed E-state index contributed by atoms with van der Waals surface area (Å²) in [6.07, 6.45) is 3.54. The average Bonchev–Trinajstić information content (AvgIpc) is 3.75. The molecule has 0 aliphatic heterocycles. The molecule has 6 rings (SSSR count). The summed E-state index contributed by atoms with van der Waals surface area (Å²) < 4.78 is 0. The minimum atomic E-state index is -0.263. The third kappa shape index (κ3) is 7.56. The molecular weight excluding hydrogens is 597 g/mol. The van der Waals surface area contributed by atoms with Gasteiger partial charge in [-0.05, 0) is 90.2 Å². The van der Waals surface area contributed by atoms with Crippen LogP contribution < -0.4 is 10.6 Å². The van der Waals surface area contributed by atoms with Crippen molar-refractivity contribution in [2.75, 3.05) is 10.6 Å². The first kappa shape index (κ1) is 29.6. The smallest absolute Gasteiger partial charge is 0.257 e. The molecule has 0 atom stereocenters. The molecule has 2 heterocycles. The van der Waals surface area contributed by atoms with E-state index in [-0.39, 0.29) is 11.8 Å². The molecule has 2 amide bonds. The van der Waals surface area contributed by atoms with Gasteiger partial charge in [-0.25, -0.2) is 0 Å². The lowest BCUT2D eigenvalue weighted by atomic mass is 10.0. The summed E-state index contributed by atoms with van der Waals surface area (Å²) in [4.78, 5) is 39.3. The van der Waals surface area contributed by atoms with Crippen LogP contribution in [0.1, 0.15) is 35.3 Å². The molecule has 6 aromatic rings. The first-order valence-electron chi connectivity index (χ1n) is 14.2. The van der Waals surface area contributed by atoms with Gasteiger partial charge in [0.05, 0.1) is 22.5 Å². The Kier molecular flexibility index (Phi) is 9.15. The summed E-state index contributed by atoms with van der Waals surface area (Å²) in [5.74, 6) is -0.524. The maximum absolute atomic E-state index is 13.5. The molecule has 0 saturated carbocycles. The van der Waals surface area contributed by atoms with E-state index in [2.05, 4.69) is 20.6 Å². The molecule has 2 N–H and O–H groups in total. The number of thiophene rings is 2. The van der Waals surface area contributed by atoms with Crippen molar-refractivity contribution < 1.29 is 9.59 Å². The lowest BCUT2D eigenvalue weighted by molar-refractivity contribution is 0.101. The first-order valence-corrected chi connectivity index (χ1v) is 15.9. The zero-order valence-electron chi connectivity index (χ0n) is 24.3. The zero-order valence-corrected chi connectivity index (χ0v) is 25.9. The number of hydrogen-bond acceptors (Lipinski definition) is 6. The Morgan fingerprint density at radius 1 is 0.600 bits per heavy atom. The van der Waals surface area contributed by atoms with Crippen molar-refractivity contribution in [2.45, 2.75) is 6.92 Å². The summed E-state index contributed by atoms with van der Waals surface area (Å²) in [7, 11) is 0. The number of hydrogen-bond donors (Lipinski definition) is 2. The molecule has 2 aromatic heterocycles. The van der Waals surface area contributed by atoms with E-state index in [1.54, 1.807) is 41.2 Å². The fourth-order valence-electron chi connectivity index (χ4n) is 4.64. The minimum Gasteiger partial charge on any atom is -0.322 e. The number of anilines is 2. The van der Waals surface area contributed by atoms with E-state index < -0.39 is 0 Å². The van der Waals surface area contributed by atoms with Gasteiger partial charge >= 0.3 is 0 Å². The van der Waals surface area contributed by atoms with E-state index >= 15 is 0 Å². The normalized spacial score (nSPS) is 11.2. The highest BCUT2D eigenvalue weighted by molar-refractivity contribution is 7.13. The molecule has 0 fully saturated rings. The van der Waals surface area contributed by atoms with E-state index in [1.165, 1.54) is 4.88 Å². The van der Waals surface area contributed by atoms with Gasteiger partial charge in [0.1, 0.15) is 0 Å². The number of carbonyl (C=O) groups excluding carboxylic acids is 2. The molecule has 0 aliphatic rings. The van der Waals surface area contributed by atoms with Gasteiger partial charge < -0.3 is 10.6 Å². The van der Waals surface area contributed by atoms with E-state index in [9.17, 15) is 9.59 Å². The summed E-state index contributed by atoms with van der Waals surface area (Å²) >= 11 is 3.22. The average molecular weight is 625 g/mol. The molecule has 0 unspecified atom stereocenters. The number of para-hydroxylation sites is 2. The zero-order chi connectivity index (χ0) is 31.0. The van der Waals surface area contributed by atoms with Gasteiger partial charge in [-0.15, -0.1) is 22.7 Å². The van der Waals surface area contributed by atoms with Gasteiger partial charge in [-0.1, -0.05) is 54.6 Å². The van der Waals surface area contributed by atoms with Gasteiger partial charge in [0, 0.05) is 38.4 Å². The summed E-state index contributed by atoms with van der Waals surface area (Å²) in [5.41, 5.74) is 5.03. The van der Waals surface area contributed by atoms with Crippen LogP contribution in [-0.2, 0) is 0 Å². The molecule has 45 heavy (non-hydrogen) atoms. The highest BCUT2D eigenvalue weighted by atomic mass is 32.1. The van der Waals surface area contributed by atoms with Gasteiger partial charge in [0.25, 0.3) is 11.8 Å². The van der Waals surface area contributed by atoms with E-state index in [1.807, 2.05) is 128 Å². The van der Waals surface area contributed by atoms with Crippen LogP contribution in [0.3, 0.4) is 0 Å². The fraction of sp³-hybridized carbons (Fsp3) is 0.0270. The molecule has 6 nitrogen and oxygen atoms in total. The van der Waals surface area contributed by atoms with Crippen LogP contribution in [-0.4, -0.2) is 24.2 Å². The fourth-order valence-corrected chi connectivity index (χ4v) is 5.97. The number of benzene rings is 4. The molecule has 0 radical (unpaired) electrons. The van der Waals surface area contributed by atoms with Crippen LogP contribution in [0.5, 0.6) is 0 Å². The molecule has 0 aliphatic carbocycles. The molecular formula is C37H28N4O2S2. The SMILES string of the molecule is Cc1ccc(C=Nc2ccccc2C(=O)Nc2cccc(-c3ccc(N=Cc4cccs4)c(C(=O)Nc4ccccc4)c3)c2)s1. The Morgan fingerprint density at radius 2 is 1.29 bits per heavy atom. The minimum absolute atomic E-state index is 0.261. The lowest BCUT2D eigenvalue weighted by Crippen LogP contribution is -2.12. The number of nitrogens with one attached hydrogen (secondary N) is 2. The Hall–Kier alpha value is -5.44. The van der Waals surface area contributed by atoms with Crippen molar-refractivity contribution in [1.82, 2.24) is 0 Å². The summed E-state index contributed by atoms with van der Waals surface area (Å²) in [5, 5.41) is 7.97. The quantitative estimate of drug-likeness (QED) is 0.157. The van der Waals surface area contributed by atoms with E-state index in [0.29, 0.717) is 33.9 Å². The van der Waals surface area contributed by atoms with Gasteiger partial charge in [0.2, 0.25) is 0 Å². The van der Waals surface area contributed by atoms with Crippen molar-refractivity contribution in [3.8, 4) is 11.1 Å². The van der Waals surface area contributed by atoms with Crippen molar-refractivity contribution in [3.05, 3.63) is 152 Å². The maximum atomic E-state index is 13.5. The van der Waals surface area contributed by atoms with E-state index in [0.717, 1.165) is 20.9 Å². The molecule has 8 heteroatoms. The number of nitrogens with zero attached hydrogens (tertiary/aromatic N) is 2. The second-order valence-corrected chi connectivity index (χ2v) is 12.4. The second kappa shape index (κ2) is 13.9. The summed E-state index contributed by atoms with van der Waals surface area (Å²) in [6, 6.07) is 37.7. The predicted molar refractivity (Wildman–Crippen MR) is 189 cm³/mol. The van der Waals surface area contributed by atoms with E-state index in [4.69, 9.17) is 0 Å². The van der Waals surface area contributed by atoms with Crippen molar-refractivity contribution in [2.24, 2.45) is 9.98 Å². The molecule has 0 spiro atoms. The third-order valence-corrected chi connectivity index (χ3v) is 8.58. The topological polar surface area (TPSA) is 82.9 Å². The number of carbonyl (C=O) groups is 2. The molecule has 4 aromatic carbocycles. The monoisotopic (exact) mass is 624 g/mol. The number of rotatable bonds is 9. The Balaban J connectivity index is 1.26. The number of amides is 2. The van der Waals surface area contributed by atoms with Gasteiger partial charge in [0.15, 0.2) is 0 Å². The largest absolute Gasteiger partial charge is 0.322 e. The number of aryl methyl sites for hydroxylation is 1. The molecule has 0 bridgehead atoms. The third-order valence-electron chi connectivity index (χ3n) is 6.84. The highest BCUT2D eigenvalue weighted by Gasteiger charge is 2.15. The van der Waals surface area contributed by atoms with Crippen molar-refractivity contribution in [1.29, 1.82) is 0 Å². The maximum Gasteiger partial charge on any atom is 0.257 e. The van der Waals surface area contributed by atoms with Gasteiger partial charge in [-0.2, -0.15) is 0 Å². The lowest BCUT2D eigenvalue weighted by Gasteiger charge is -2.12. The Morgan fingerprint density at radius 3 is 2.07 bits per heavy atom. The van der Waals surface area contributed by atoms with Crippen LogP contribution in [0.15, 0.2) is 137 Å². The van der Waals surface area contributed by atoms with Crippen LogP contribution in [0, 0.1) is 6.92 Å². The van der Waals surface area contributed by atoms with Crippen molar-refractivity contribution in [3.63, 3.8) is 0 Å². The highest BCUT2D eigenvalue weighted by Crippen LogP contribution is 2.30. The molecule has 220 valence electrons. The standard InChI is InChI=1S/C37H28N4O2S2/c1-25-16-18-31(45-25)24-39-34-15-6-5-14-32(34)36(42)41-29-12-7-9-26(21-29)27-17-19-35(38-23-30-13-8-20-44-30)33(22-27)37(43)40-28-10-3-2-4-11-28/h2-24H,1H3,(H,40,43)(H,41,42). The van der Waals surface area contributed by atoms with Crippen LogP contribution >= 0.6 is 22.7 Å². The Bertz CT molecular complexity index is 2010.